The topological polar surface area (TPSA) is 72.7 Å². The number of hydrogen-bond donors (Lipinski definition) is 1. The molecule has 0 saturated heterocycles. The Morgan fingerprint density at radius 2 is 2.04 bits per heavy atom. The summed E-state index contributed by atoms with van der Waals surface area (Å²) >= 11 is 1.18. The number of carbonyl (C=O) groups is 1. The molecule has 0 spiro atoms. The predicted octanol–water partition coefficient (Wildman–Crippen LogP) is 3.93. The van der Waals surface area contributed by atoms with Gasteiger partial charge in [0.1, 0.15) is 0 Å². The summed E-state index contributed by atoms with van der Waals surface area (Å²) in [6, 6.07) is 4.80. The molecule has 1 N–H and O–H groups in total. The molecule has 0 radical (unpaired) electrons. The Kier molecular flexibility index (Phi) is 5.80. The van der Waals surface area contributed by atoms with Gasteiger partial charge in [0.05, 0.1) is 17.4 Å². The van der Waals surface area contributed by atoms with Crippen molar-refractivity contribution in [3.05, 3.63) is 29.8 Å². The summed E-state index contributed by atoms with van der Waals surface area (Å²) in [5.74, 6) is -0.393. The van der Waals surface area contributed by atoms with Gasteiger partial charge in [-0.3, -0.25) is 4.79 Å². The van der Waals surface area contributed by atoms with Gasteiger partial charge in [0.15, 0.2) is 0 Å². The number of nitrogens with one attached hydrogen (secondary N) is 1. The van der Waals surface area contributed by atoms with E-state index >= 15 is 0 Å². The van der Waals surface area contributed by atoms with Crippen LogP contribution < -0.4 is 5.32 Å². The molecule has 0 atom stereocenters. The average Bonchev–Trinajstić information content (AvgIpc) is 3.09. The molecule has 3 rings (SSSR count). The van der Waals surface area contributed by atoms with Gasteiger partial charge in [0.25, 0.3) is 0 Å². The lowest BCUT2D eigenvalue weighted by atomic mass is 9.96. The van der Waals surface area contributed by atoms with Crippen molar-refractivity contribution in [1.82, 2.24) is 20.2 Å². The van der Waals surface area contributed by atoms with Gasteiger partial charge in [-0.1, -0.05) is 37.1 Å². The largest absolute Gasteiger partial charge is 0.416 e. The van der Waals surface area contributed by atoms with Crippen molar-refractivity contribution in [2.45, 2.75) is 49.5 Å². The van der Waals surface area contributed by atoms with Crippen LogP contribution in [0.25, 0.3) is 0 Å². The Balaban J connectivity index is 1.58. The molecule has 10 heteroatoms. The monoisotopic (exact) mass is 385 g/mol. The van der Waals surface area contributed by atoms with E-state index in [4.69, 9.17) is 0 Å². The van der Waals surface area contributed by atoms with Crippen molar-refractivity contribution in [2.75, 3.05) is 11.1 Å². The van der Waals surface area contributed by atoms with E-state index in [-0.39, 0.29) is 17.5 Å². The van der Waals surface area contributed by atoms with E-state index in [9.17, 15) is 18.0 Å². The van der Waals surface area contributed by atoms with Crippen molar-refractivity contribution in [3.8, 4) is 0 Å². The molecule has 0 bridgehead atoms. The smallest absolute Gasteiger partial charge is 0.325 e. The SMILES string of the molecule is O=C(CSc1nnnn1C1CCCCC1)Nc1cccc(C(F)(F)F)c1. The standard InChI is InChI=1S/C16H18F3N5OS/c17-16(18,19)11-5-4-6-12(9-11)20-14(25)10-26-15-21-22-23-24(15)13-7-2-1-3-8-13/h4-6,9,13H,1-3,7-8,10H2,(H,20,25). The fraction of sp³-hybridized carbons (Fsp3) is 0.500. The second-order valence-electron chi connectivity index (χ2n) is 6.11. The minimum Gasteiger partial charge on any atom is -0.325 e. The highest BCUT2D eigenvalue weighted by Crippen LogP contribution is 2.31. The molecule has 26 heavy (non-hydrogen) atoms. The molecule has 0 unspecified atom stereocenters. The van der Waals surface area contributed by atoms with Crippen molar-refractivity contribution in [3.63, 3.8) is 0 Å². The first-order chi connectivity index (χ1) is 12.4. The highest BCUT2D eigenvalue weighted by molar-refractivity contribution is 7.99. The molecule has 6 nitrogen and oxygen atoms in total. The first-order valence-corrected chi connectivity index (χ1v) is 9.30. The van der Waals surface area contributed by atoms with Gasteiger partial charge in [0, 0.05) is 5.69 Å². The van der Waals surface area contributed by atoms with Crippen LogP contribution in [0.4, 0.5) is 18.9 Å². The van der Waals surface area contributed by atoms with E-state index in [1.165, 1.54) is 30.3 Å². The Bertz CT molecular complexity index is 758. The number of carbonyl (C=O) groups excluding carboxylic acids is 1. The molecule has 1 aliphatic rings. The number of halogens is 3. The minimum absolute atomic E-state index is 0.0172. The number of rotatable bonds is 5. The molecular weight excluding hydrogens is 367 g/mol. The third-order valence-electron chi connectivity index (χ3n) is 4.19. The Morgan fingerprint density at radius 3 is 2.77 bits per heavy atom. The Morgan fingerprint density at radius 1 is 1.27 bits per heavy atom. The first kappa shape index (κ1) is 18.7. The van der Waals surface area contributed by atoms with E-state index in [0.717, 1.165) is 37.8 Å². The van der Waals surface area contributed by atoms with Gasteiger partial charge in [-0.25, -0.2) is 4.68 Å². The van der Waals surface area contributed by atoms with E-state index in [2.05, 4.69) is 20.8 Å². The molecular formula is C16H18F3N5OS. The van der Waals surface area contributed by atoms with Crippen molar-refractivity contribution >= 4 is 23.4 Å². The van der Waals surface area contributed by atoms with Gasteiger partial charge in [-0.2, -0.15) is 13.2 Å². The fourth-order valence-electron chi connectivity index (χ4n) is 2.94. The lowest BCUT2D eigenvalue weighted by Crippen LogP contribution is -2.18. The zero-order valence-corrected chi connectivity index (χ0v) is 14.7. The second-order valence-corrected chi connectivity index (χ2v) is 7.06. The van der Waals surface area contributed by atoms with Crippen molar-refractivity contribution in [2.24, 2.45) is 0 Å². The number of anilines is 1. The third kappa shape index (κ3) is 4.75. The molecule has 1 aromatic carbocycles. The molecule has 1 amide bonds. The van der Waals surface area contributed by atoms with E-state index in [0.29, 0.717) is 5.16 Å². The maximum Gasteiger partial charge on any atom is 0.416 e. The van der Waals surface area contributed by atoms with Crippen molar-refractivity contribution < 1.29 is 18.0 Å². The van der Waals surface area contributed by atoms with Gasteiger partial charge < -0.3 is 5.32 Å². The maximum atomic E-state index is 12.7. The van der Waals surface area contributed by atoms with Crippen LogP contribution in [0.5, 0.6) is 0 Å². The number of nitrogens with zero attached hydrogens (tertiary/aromatic N) is 4. The summed E-state index contributed by atoms with van der Waals surface area (Å²) < 4.78 is 39.9. The van der Waals surface area contributed by atoms with Crippen LogP contribution in [0.15, 0.2) is 29.4 Å². The number of benzene rings is 1. The lowest BCUT2D eigenvalue weighted by Gasteiger charge is -2.21. The van der Waals surface area contributed by atoms with Crippen LogP contribution in [0.3, 0.4) is 0 Å². The molecule has 1 fully saturated rings. The number of hydrogen-bond acceptors (Lipinski definition) is 5. The predicted molar refractivity (Wildman–Crippen MR) is 90.7 cm³/mol. The molecule has 1 saturated carbocycles. The Hall–Kier alpha value is -2.10. The molecule has 1 aromatic heterocycles. The lowest BCUT2D eigenvalue weighted by molar-refractivity contribution is -0.137. The van der Waals surface area contributed by atoms with Gasteiger partial charge in [-0.05, 0) is 41.5 Å². The van der Waals surface area contributed by atoms with Crippen LogP contribution in [0.2, 0.25) is 0 Å². The number of aromatic nitrogens is 4. The van der Waals surface area contributed by atoms with Gasteiger partial charge in [-0.15, -0.1) is 5.10 Å². The van der Waals surface area contributed by atoms with Gasteiger partial charge in [0.2, 0.25) is 11.1 Å². The minimum atomic E-state index is -4.45. The summed E-state index contributed by atoms with van der Waals surface area (Å²) in [4.78, 5) is 12.1. The zero-order valence-electron chi connectivity index (χ0n) is 13.9. The Labute approximate surface area is 152 Å². The summed E-state index contributed by atoms with van der Waals surface area (Å²) in [7, 11) is 0. The molecule has 0 aliphatic heterocycles. The highest BCUT2D eigenvalue weighted by Gasteiger charge is 2.30. The van der Waals surface area contributed by atoms with Crippen LogP contribution in [-0.2, 0) is 11.0 Å². The number of alkyl halides is 3. The average molecular weight is 385 g/mol. The van der Waals surface area contributed by atoms with E-state index in [1.807, 2.05) is 0 Å². The second kappa shape index (κ2) is 8.07. The number of amides is 1. The summed E-state index contributed by atoms with van der Waals surface area (Å²) in [5.41, 5.74) is -0.693. The maximum absolute atomic E-state index is 12.7. The summed E-state index contributed by atoms with van der Waals surface area (Å²) in [5, 5.41) is 14.7. The molecule has 1 heterocycles. The summed E-state index contributed by atoms with van der Waals surface area (Å²) in [6.07, 6.45) is 1.04. The van der Waals surface area contributed by atoms with Crippen LogP contribution in [0, 0.1) is 0 Å². The van der Waals surface area contributed by atoms with E-state index in [1.54, 1.807) is 4.68 Å². The number of tetrazole rings is 1. The normalized spacial score (nSPS) is 15.8. The molecule has 1 aliphatic carbocycles. The number of thioether (sulfide) groups is 1. The van der Waals surface area contributed by atoms with Crippen LogP contribution >= 0.6 is 11.8 Å². The summed E-state index contributed by atoms with van der Waals surface area (Å²) in [6.45, 7) is 0. The quantitative estimate of drug-likeness (QED) is 0.790. The molecule has 140 valence electrons. The van der Waals surface area contributed by atoms with Crippen LogP contribution in [0.1, 0.15) is 43.7 Å². The van der Waals surface area contributed by atoms with E-state index < -0.39 is 17.6 Å². The fourth-order valence-corrected chi connectivity index (χ4v) is 3.68. The van der Waals surface area contributed by atoms with Crippen molar-refractivity contribution in [1.29, 1.82) is 0 Å². The highest BCUT2D eigenvalue weighted by atomic mass is 32.2. The van der Waals surface area contributed by atoms with Crippen LogP contribution in [-0.4, -0.2) is 31.9 Å². The van der Waals surface area contributed by atoms with Gasteiger partial charge >= 0.3 is 6.18 Å². The third-order valence-corrected chi connectivity index (χ3v) is 5.12. The zero-order chi connectivity index (χ0) is 18.6. The first-order valence-electron chi connectivity index (χ1n) is 8.31. The molecule has 2 aromatic rings.